The zero-order valence-electron chi connectivity index (χ0n) is 7.38. The second-order valence-corrected chi connectivity index (χ2v) is 3.23. The molecule has 0 unspecified atom stereocenters. The molecule has 1 rings (SSSR count). The molecule has 2 nitrogen and oxygen atoms in total. The number of thiol groups is 1. The first kappa shape index (κ1) is 11.7. The largest absolute Gasteiger partial charge is 0.573 e. The van der Waals surface area contributed by atoms with Crippen molar-refractivity contribution in [3.05, 3.63) is 23.8 Å². The van der Waals surface area contributed by atoms with Gasteiger partial charge >= 0.3 is 6.36 Å². The summed E-state index contributed by atoms with van der Waals surface area (Å²) < 4.78 is 39.3. The summed E-state index contributed by atoms with van der Waals surface area (Å²) in [6.07, 6.45) is -4.71. The van der Waals surface area contributed by atoms with Crippen LogP contribution < -0.4 is 4.74 Å². The fourth-order valence-electron chi connectivity index (χ4n) is 1.03. The average Bonchev–Trinajstić information content (AvgIpc) is 1.99. The second kappa shape index (κ2) is 4.45. The van der Waals surface area contributed by atoms with Gasteiger partial charge in [0.15, 0.2) is 0 Å². The van der Waals surface area contributed by atoms with Gasteiger partial charge in [-0.25, -0.2) is 0 Å². The standard InChI is InChI=1S/C9H6F3NOS/c10-9(11,12)14-7-3-6(1-2-13)4-8(15)5-7/h3-5,15H,1H2. The first-order chi connectivity index (χ1) is 6.90. The number of benzene rings is 1. The minimum Gasteiger partial charge on any atom is -0.406 e. The number of alkyl halides is 3. The van der Waals surface area contributed by atoms with Crippen LogP contribution in [0.5, 0.6) is 5.75 Å². The highest BCUT2D eigenvalue weighted by Gasteiger charge is 2.31. The van der Waals surface area contributed by atoms with Gasteiger partial charge in [0.05, 0.1) is 12.5 Å². The summed E-state index contributed by atoms with van der Waals surface area (Å²) in [6.45, 7) is 0. The molecule has 0 atom stereocenters. The fourth-order valence-corrected chi connectivity index (χ4v) is 1.32. The van der Waals surface area contributed by atoms with Gasteiger partial charge < -0.3 is 4.74 Å². The van der Waals surface area contributed by atoms with Crippen molar-refractivity contribution in [2.75, 3.05) is 0 Å². The molecule has 0 spiro atoms. The van der Waals surface area contributed by atoms with E-state index in [4.69, 9.17) is 5.26 Å². The van der Waals surface area contributed by atoms with E-state index in [0.717, 1.165) is 12.1 Å². The lowest BCUT2D eigenvalue weighted by atomic mass is 10.1. The van der Waals surface area contributed by atoms with Crippen molar-refractivity contribution < 1.29 is 17.9 Å². The van der Waals surface area contributed by atoms with E-state index in [1.807, 2.05) is 6.07 Å². The highest BCUT2D eigenvalue weighted by Crippen LogP contribution is 2.26. The van der Waals surface area contributed by atoms with Gasteiger partial charge in [0.1, 0.15) is 5.75 Å². The number of hydrogen-bond donors (Lipinski definition) is 1. The lowest BCUT2D eigenvalue weighted by Gasteiger charge is -2.10. The molecule has 0 aliphatic rings. The van der Waals surface area contributed by atoms with E-state index in [1.165, 1.54) is 6.07 Å². The van der Waals surface area contributed by atoms with Crippen LogP contribution in [-0.4, -0.2) is 6.36 Å². The van der Waals surface area contributed by atoms with Crippen LogP contribution in [-0.2, 0) is 6.42 Å². The smallest absolute Gasteiger partial charge is 0.406 e. The molecule has 0 heterocycles. The van der Waals surface area contributed by atoms with Gasteiger partial charge in [-0.1, -0.05) is 0 Å². The number of nitrogens with zero attached hydrogens (tertiary/aromatic N) is 1. The van der Waals surface area contributed by atoms with Crippen LogP contribution in [0.1, 0.15) is 5.56 Å². The molecule has 80 valence electrons. The number of hydrogen-bond acceptors (Lipinski definition) is 3. The van der Waals surface area contributed by atoms with Crippen LogP contribution in [0.2, 0.25) is 0 Å². The van der Waals surface area contributed by atoms with Gasteiger partial charge in [-0.15, -0.1) is 25.8 Å². The fraction of sp³-hybridized carbons (Fsp3) is 0.222. The Kier molecular flexibility index (Phi) is 3.48. The lowest BCUT2D eigenvalue weighted by molar-refractivity contribution is -0.274. The summed E-state index contributed by atoms with van der Waals surface area (Å²) in [5.74, 6) is -0.361. The molecular formula is C9H6F3NOS. The van der Waals surface area contributed by atoms with Gasteiger partial charge in [-0.05, 0) is 23.8 Å². The van der Waals surface area contributed by atoms with E-state index in [9.17, 15) is 13.2 Å². The zero-order valence-corrected chi connectivity index (χ0v) is 8.27. The van der Waals surface area contributed by atoms with Crippen LogP contribution in [0.3, 0.4) is 0 Å². The molecule has 1 aromatic carbocycles. The Hall–Kier alpha value is -1.35. The first-order valence-electron chi connectivity index (χ1n) is 3.86. The topological polar surface area (TPSA) is 33.0 Å². The number of halogens is 3. The van der Waals surface area contributed by atoms with Crippen LogP contribution in [0.15, 0.2) is 23.1 Å². The van der Waals surface area contributed by atoms with Crippen molar-refractivity contribution in [3.63, 3.8) is 0 Å². The molecule has 0 bridgehead atoms. The third-order valence-corrected chi connectivity index (χ3v) is 1.73. The predicted octanol–water partition coefficient (Wildman–Crippen LogP) is 2.94. The zero-order chi connectivity index (χ0) is 11.5. The molecule has 15 heavy (non-hydrogen) atoms. The number of ether oxygens (including phenoxy) is 1. The van der Waals surface area contributed by atoms with Crippen LogP contribution in [0, 0.1) is 11.3 Å². The Labute approximate surface area is 89.7 Å². The average molecular weight is 233 g/mol. The molecule has 0 fully saturated rings. The van der Waals surface area contributed by atoms with E-state index < -0.39 is 6.36 Å². The maximum absolute atomic E-state index is 11.9. The Morgan fingerprint density at radius 2 is 2.00 bits per heavy atom. The van der Waals surface area contributed by atoms with E-state index in [2.05, 4.69) is 17.4 Å². The normalized spacial score (nSPS) is 10.9. The van der Waals surface area contributed by atoms with Crippen molar-refractivity contribution in [3.8, 4) is 11.8 Å². The molecule has 0 saturated carbocycles. The number of nitriles is 1. The van der Waals surface area contributed by atoms with Crippen LogP contribution in [0.25, 0.3) is 0 Å². The minimum absolute atomic E-state index is 0.0165. The second-order valence-electron chi connectivity index (χ2n) is 2.72. The van der Waals surface area contributed by atoms with Crippen LogP contribution >= 0.6 is 12.6 Å². The van der Waals surface area contributed by atoms with Crippen molar-refractivity contribution in [1.82, 2.24) is 0 Å². The number of rotatable bonds is 2. The molecule has 0 amide bonds. The summed E-state index contributed by atoms with van der Waals surface area (Å²) in [6, 6.07) is 5.64. The molecule has 0 saturated heterocycles. The Balaban J connectivity index is 2.95. The van der Waals surface area contributed by atoms with Gasteiger partial charge in [-0.2, -0.15) is 5.26 Å². The van der Waals surface area contributed by atoms with Gasteiger partial charge in [0.2, 0.25) is 0 Å². The summed E-state index contributed by atoms with van der Waals surface area (Å²) in [4.78, 5) is 0.321. The monoisotopic (exact) mass is 233 g/mol. The molecule has 0 aliphatic heterocycles. The molecule has 0 radical (unpaired) electrons. The predicted molar refractivity (Wildman–Crippen MR) is 49.7 cm³/mol. The highest BCUT2D eigenvalue weighted by atomic mass is 32.1. The summed E-state index contributed by atoms with van der Waals surface area (Å²) in [5.41, 5.74) is 0.434. The third-order valence-electron chi connectivity index (χ3n) is 1.47. The van der Waals surface area contributed by atoms with Crippen molar-refractivity contribution in [1.29, 1.82) is 5.26 Å². The van der Waals surface area contributed by atoms with Crippen molar-refractivity contribution in [2.24, 2.45) is 0 Å². The summed E-state index contributed by atoms with van der Waals surface area (Å²) in [5, 5.41) is 8.40. The minimum atomic E-state index is -4.73. The molecule has 6 heteroatoms. The van der Waals surface area contributed by atoms with E-state index in [0.29, 0.717) is 10.5 Å². The van der Waals surface area contributed by atoms with E-state index in [-0.39, 0.29) is 12.2 Å². The molecule has 1 aromatic rings. The molecular weight excluding hydrogens is 227 g/mol. The molecule has 0 N–H and O–H groups in total. The van der Waals surface area contributed by atoms with Crippen molar-refractivity contribution in [2.45, 2.75) is 17.7 Å². The lowest BCUT2D eigenvalue weighted by Crippen LogP contribution is -2.17. The SMILES string of the molecule is N#CCc1cc(S)cc(OC(F)(F)F)c1. The Bertz CT molecular complexity index is 397. The molecule has 0 aliphatic carbocycles. The van der Waals surface area contributed by atoms with E-state index in [1.54, 1.807) is 0 Å². The first-order valence-corrected chi connectivity index (χ1v) is 4.31. The summed E-state index contributed by atoms with van der Waals surface area (Å²) >= 11 is 3.91. The summed E-state index contributed by atoms with van der Waals surface area (Å²) in [7, 11) is 0. The highest BCUT2D eigenvalue weighted by molar-refractivity contribution is 7.80. The van der Waals surface area contributed by atoms with Gasteiger partial charge in [-0.3, -0.25) is 0 Å². The van der Waals surface area contributed by atoms with Gasteiger partial charge in [0.25, 0.3) is 0 Å². The van der Waals surface area contributed by atoms with Crippen LogP contribution in [0.4, 0.5) is 13.2 Å². The van der Waals surface area contributed by atoms with E-state index >= 15 is 0 Å². The Morgan fingerprint density at radius 3 is 2.53 bits per heavy atom. The molecule has 0 aromatic heterocycles. The quantitative estimate of drug-likeness (QED) is 0.796. The Morgan fingerprint density at radius 1 is 1.33 bits per heavy atom. The maximum Gasteiger partial charge on any atom is 0.573 e. The maximum atomic E-state index is 11.9. The van der Waals surface area contributed by atoms with Crippen molar-refractivity contribution >= 4 is 12.6 Å². The van der Waals surface area contributed by atoms with Gasteiger partial charge in [0, 0.05) is 4.90 Å². The third kappa shape index (κ3) is 4.13.